The van der Waals surface area contributed by atoms with Crippen molar-refractivity contribution in [2.24, 2.45) is 0 Å². The number of aliphatic hydroxyl groups excluding tert-OH is 1. The lowest BCUT2D eigenvalue weighted by Gasteiger charge is -2.30. The molecular weight excluding hydrogens is 569 g/mol. The SMILES string of the molecule is COC(=O)[C@H](C)NP(=S)(OC[C@@]1(F)O[C@@H](n2cnc3c(N(C)C)nc(C)nc32)[C@](C)(F)[C@@H]1O)Oc1ccccc1. The summed E-state index contributed by atoms with van der Waals surface area (Å²) in [6.45, 7) is -0.601. The third kappa shape index (κ3) is 5.80. The van der Waals surface area contributed by atoms with E-state index in [4.69, 9.17) is 30.3 Å². The van der Waals surface area contributed by atoms with E-state index >= 15 is 8.78 Å². The Kier molecular flexibility index (Phi) is 8.46. The summed E-state index contributed by atoms with van der Waals surface area (Å²) in [6, 6.07) is 7.30. The predicted octanol–water partition coefficient (Wildman–Crippen LogP) is 2.96. The second-order valence-corrected chi connectivity index (χ2v) is 12.8. The summed E-state index contributed by atoms with van der Waals surface area (Å²) in [6.07, 6.45) is -2.74. The van der Waals surface area contributed by atoms with Crippen molar-refractivity contribution in [1.82, 2.24) is 24.6 Å². The Balaban J connectivity index is 1.64. The van der Waals surface area contributed by atoms with Gasteiger partial charge in [-0.1, -0.05) is 18.2 Å². The third-order valence-electron chi connectivity index (χ3n) is 6.23. The number of ether oxygens (including phenoxy) is 2. The lowest BCUT2D eigenvalue weighted by molar-refractivity contribution is -0.202. The summed E-state index contributed by atoms with van der Waals surface area (Å²) in [4.78, 5) is 26.7. The number of aromatic nitrogens is 4. The Morgan fingerprint density at radius 3 is 2.62 bits per heavy atom. The fraction of sp³-hybridized carbons (Fsp3) is 0.500. The highest BCUT2D eigenvalue weighted by atomic mass is 32.5. The first-order valence-corrected chi connectivity index (χ1v) is 14.8. The van der Waals surface area contributed by atoms with Crippen molar-refractivity contribution in [3.8, 4) is 5.75 Å². The first-order valence-electron chi connectivity index (χ1n) is 12.2. The van der Waals surface area contributed by atoms with Crippen LogP contribution in [0, 0.1) is 6.92 Å². The molecule has 2 aromatic heterocycles. The zero-order chi connectivity index (χ0) is 29.5. The number of rotatable bonds is 10. The summed E-state index contributed by atoms with van der Waals surface area (Å²) < 4.78 is 55.2. The van der Waals surface area contributed by atoms with Crippen LogP contribution in [-0.4, -0.2) is 82.1 Å². The fourth-order valence-electron chi connectivity index (χ4n) is 4.20. The molecule has 16 heteroatoms. The van der Waals surface area contributed by atoms with Gasteiger partial charge in [-0.2, -0.15) is 0 Å². The van der Waals surface area contributed by atoms with Gasteiger partial charge in [-0.05, 0) is 44.7 Å². The van der Waals surface area contributed by atoms with Crippen LogP contribution in [0.5, 0.6) is 5.75 Å². The van der Waals surface area contributed by atoms with Crippen molar-refractivity contribution in [2.45, 2.75) is 50.7 Å². The molecule has 1 saturated heterocycles. The summed E-state index contributed by atoms with van der Waals surface area (Å²) in [5, 5.41) is 13.6. The number of nitrogens with one attached hydrogen (secondary N) is 1. The van der Waals surface area contributed by atoms with Crippen LogP contribution in [0.4, 0.5) is 14.6 Å². The van der Waals surface area contributed by atoms with Gasteiger partial charge in [-0.15, -0.1) is 0 Å². The van der Waals surface area contributed by atoms with E-state index in [1.807, 2.05) is 0 Å². The Morgan fingerprint density at radius 2 is 2.00 bits per heavy atom. The number of anilines is 1. The van der Waals surface area contributed by atoms with Crippen LogP contribution in [0.1, 0.15) is 25.9 Å². The molecule has 0 bridgehead atoms. The van der Waals surface area contributed by atoms with Crippen LogP contribution in [0.2, 0.25) is 0 Å². The molecule has 2 N–H and O–H groups in total. The number of aliphatic hydroxyl groups is 1. The number of nitrogens with zero attached hydrogens (tertiary/aromatic N) is 5. The number of alkyl halides is 2. The van der Waals surface area contributed by atoms with Gasteiger partial charge in [0, 0.05) is 14.1 Å². The number of carbonyl (C=O) groups is 1. The van der Waals surface area contributed by atoms with Gasteiger partial charge in [-0.25, -0.2) is 28.8 Å². The topological polar surface area (TPSA) is 133 Å². The van der Waals surface area contributed by atoms with E-state index in [0.717, 1.165) is 6.92 Å². The second-order valence-electron chi connectivity index (χ2n) is 9.67. The number of halogens is 2. The van der Waals surface area contributed by atoms with E-state index in [9.17, 15) is 9.90 Å². The number of carbonyl (C=O) groups excluding carboxylic acids is 1. The smallest absolute Gasteiger partial charge is 0.323 e. The van der Waals surface area contributed by atoms with E-state index < -0.39 is 49.1 Å². The average Bonchev–Trinajstić information content (AvgIpc) is 3.39. The van der Waals surface area contributed by atoms with Crippen LogP contribution >= 0.6 is 6.64 Å². The average molecular weight is 601 g/mol. The van der Waals surface area contributed by atoms with Crippen molar-refractivity contribution in [2.75, 3.05) is 32.7 Å². The number of esters is 1. The molecule has 218 valence electrons. The zero-order valence-corrected chi connectivity index (χ0v) is 24.5. The highest BCUT2D eigenvalue weighted by molar-refractivity contribution is 8.09. The molecule has 0 saturated carbocycles. The third-order valence-corrected chi connectivity index (χ3v) is 8.71. The van der Waals surface area contributed by atoms with Crippen LogP contribution < -0.4 is 14.5 Å². The molecule has 1 aliphatic heterocycles. The maximum Gasteiger partial charge on any atom is 0.323 e. The minimum atomic E-state index is -3.69. The minimum Gasteiger partial charge on any atom is -0.468 e. The molecule has 0 aliphatic carbocycles. The summed E-state index contributed by atoms with van der Waals surface area (Å²) in [5.41, 5.74) is -2.13. The molecule has 3 heterocycles. The van der Waals surface area contributed by atoms with Gasteiger partial charge in [0.15, 0.2) is 35.0 Å². The quantitative estimate of drug-likeness (QED) is 0.262. The van der Waals surface area contributed by atoms with E-state index in [0.29, 0.717) is 17.2 Å². The number of hydrogen-bond donors (Lipinski definition) is 2. The fourth-order valence-corrected chi connectivity index (χ4v) is 6.60. The van der Waals surface area contributed by atoms with Gasteiger partial charge < -0.3 is 28.5 Å². The molecule has 4 rings (SSSR count). The number of benzene rings is 1. The van der Waals surface area contributed by atoms with Crippen molar-refractivity contribution >= 4 is 41.4 Å². The van der Waals surface area contributed by atoms with Crippen LogP contribution in [0.3, 0.4) is 0 Å². The number of aryl methyl sites for hydroxylation is 1. The Hall–Kier alpha value is -2.81. The first kappa shape index (κ1) is 30.2. The lowest BCUT2D eigenvalue weighted by Crippen LogP contribution is -2.47. The van der Waals surface area contributed by atoms with Crippen LogP contribution in [0.25, 0.3) is 11.2 Å². The number of methoxy groups -OCH3 is 1. The molecule has 1 fully saturated rings. The van der Waals surface area contributed by atoms with E-state index in [1.54, 1.807) is 56.3 Å². The van der Waals surface area contributed by atoms with Crippen molar-refractivity contribution < 1.29 is 37.2 Å². The van der Waals surface area contributed by atoms with E-state index in [-0.39, 0.29) is 11.4 Å². The molecule has 0 spiro atoms. The summed E-state index contributed by atoms with van der Waals surface area (Å²) in [5.74, 6) is -2.62. The van der Waals surface area contributed by atoms with Gasteiger partial charge in [0.05, 0.1) is 13.4 Å². The Morgan fingerprint density at radius 1 is 1.32 bits per heavy atom. The van der Waals surface area contributed by atoms with Gasteiger partial charge in [0.1, 0.15) is 24.2 Å². The molecule has 0 radical (unpaired) electrons. The number of hydrogen-bond acceptors (Lipinski definition) is 11. The normalized spacial score (nSPS) is 26.8. The van der Waals surface area contributed by atoms with Gasteiger partial charge in [-0.3, -0.25) is 9.36 Å². The van der Waals surface area contributed by atoms with Crippen LogP contribution in [0.15, 0.2) is 36.7 Å². The number of fused-ring (bicyclic) bond motifs is 1. The van der Waals surface area contributed by atoms with Crippen molar-refractivity contribution in [1.29, 1.82) is 0 Å². The largest absolute Gasteiger partial charge is 0.468 e. The molecule has 6 atom stereocenters. The number of imidazole rings is 1. The predicted molar refractivity (Wildman–Crippen MR) is 146 cm³/mol. The van der Waals surface area contributed by atoms with Gasteiger partial charge in [0.25, 0.3) is 5.85 Å². The summed E-state index contributed by atoms with van der Waals surface area (Å²) in [7, 11) is 4.71. The Labute approximate surface area is 234 Å². The van der Waals surface area contributed by atoms with Gasteiger partial charge >= 0.3 is 12.6 Å². The molecule has 3 aromatic rings. The maximum atomic E-state index is 16.2. The molecule has 1 aromatic carbocycles. The van der Waals surface area contributed by atoms with E-state index in [2.05, 4.69) is 20.0 Å². The molecule has 40 heavy (non-hydrogen) atoms. The Bertz CT molecular complexity index is 1430. The zero-order valence-electron chi connectivity index (χ0n) is 22.7. The minimum absolute atomic E-state index is 0.188. The number of para-hydroxylation sites is 1. The standard InChI is InChI=1S/C24H31F2N6O6PS/c1-14(20(33)35-6)30-39(40,38-16-10-8-7-9-11-16)36-12-24(26)21(34)23(3,25)22(37-24)32-13-27-17-18(31(4)5)28-15(2)29-19(17)32/h7-11,13-14,21-22,34H,12H2,1-6H3,(H,30,40)/t14-,21-,22+,23+,24+,39?/m0/s1. The molecule has 1 aliphatic rings. The van der Waals surface area contributed by atoms with Crippen molar-refractivity contribution in [3.63, 3.8) is 0 Å². The maximum absolute atomic E-state index is 16.2. The lowest BCUT2D eigenvalue weighted by atomic mass is 9.97. The van der Waals surface area contributed by atoms with Crippen LogP contribution in [-0.2, 0) is 30.6 Å². The van der Waals surface area contributed by atoms with Crippen molar-refractivity contribution in [3.05, 3.63) is 42.5 Å². The monoisotopic (exact) mass is 600 g/mol. The summed E-state index contributed by atoms with van der Waals surface area (Å²) >= 11 is 5.55. The highest BCUT2D eigenvalue weighted by Gasteiger charge is 2.65. The molecule has 1 unspecified atom stereocenters. The van der Waals surface area contributed by atoms with E-state index in [1.165, 1.54) is 24.9 Å². The second kappa shape index (κ2) is 11.2. The van der Waals surface area contributed by atoms with Gasteiger partial charge in [0.2, 0.25) is 0 Å². The molecular formula is C24H31F2N6O6PS. The molecule has 0 amide bonds. The molecule has 12 nitrogen and oxygen atoms in total. The first-order chi connectivity index (χ1) is 18.7. The highest BCUT2D eigenvalue weighted by Crippen LogP contribution is 2.52.